The van der Waals surface area contributed by atoms with Crippen molar-refractivity contribution >= 4 is 5.91 Å². The summed E-state index contributed by atoms with van der Waals surface area (Å²) in [5, 5.41) is 0. The third-order valence-electron chi connectivity index (χ3n) is 2.92. The molecular formula is C14H27NO3. The minimum atomic E-state index is -0.166. The molecule has 1 aliphatic heterocycles. The third-order valence-corrected chi connectivity index (χ3v) is 2.92. The fourth-order valence-electron chi connectivity index (χ4n) is 2.31. The highest BCUT2D eigenvalue weighted by Gasteiger charge is 2.36. The van der Waals surface area contributed by atoms with Crippen LogP contribution in [0.15, 0.2) is 0 Å². The van der Waals surface area contributed by atoms with Crippen molar-refractivity contribution in [3.63, 3.8) is 0 Å². The molecule has 1 fully saturated rings. The van der Waals surface area contributed by atoms with Gasteiger partial charge in [-0.25, -0.2) is 0 Å². The highest BCUT2D eigenvalue weighted by atomic mass is 16.5. The maximum atomic E-state index is 11.6. The molecule has 4 heteroatoms. The second kappa shape index (κ2) is 6.02. The lowest BCUT2D eigenvalue weighted by molar-refractivity contribution is -0.132. The number of carbonyl (C=O) groups excluding carboxylic acids is 1. The van der Waals surface area contributed by atoms with Gasteiger partial charge in [-0.15, -0.1) is 0 Å². The highest BCUT2D eigenvalue weighted by Crippen LogP contribution is 2.25. The van der Waals surface area contributed by atoms with Crippen molar-refractivity contribution < 1.29 is 14.3 Å². The van der Waals surface area contributed by atoms with Gasteiger partial charge in [-0.1, -0.05) is 0 Å². The number of amides is 1. The van der Waals surface area contributed by atoms with Crippen molar-refractivity contribution in [1.29, 1.82) is 0 Å². The van der Waals surface area contributed by atoms with E-state index in [0.717, 1.165) is 6.42 Å². The van der Waals surface area contributed by atoms with Gasteiger partial charge in [0.1, 0.15) is 0 Å². The third kappa shape index (κ3) is 4.94. The van der Waals surface area contributed by atoms with E-state index in [4.69, 9.17) is 9.47 Å². The molecule has 1 aliphatic rings. The molecule has 0 aromatic heterocycles. The van der Waals surface area contributed by atoms with Gasteiger partial charge in [0.2, 0.25) is 5.91 Å². The summed E-state index contributed by atoms with van der Waals surface area (Å²) in [6.45, 7) is 13.0. The van der Waals surface area contributed by atoms with Gasteiger partial charge in [-0.05, 0) is 41.0 Å². The van der Waals surface area contributed by atoms with Gasteiger partial charge in [0.25, 0.3) is 0 Å². The van der Waals surface area contributed by atoms with Crippen LogP contribution in [0.5, 0.6) is 0 Å². The van der Waals surface area contributed by atoms with Crippen molar-refractivity contribution in [2.24, 2.45) is 0 Å². The largest absolute Gasteiger partial charge is 0.377 e. The number of likely N-dealkylation sites (tertiary alicyclic amines) is 1. The van der Waals surface area contributed by atoms with Crippen LogP contribution in [0.4, 0.5) is 0 Å². The maximum absolute atomic E-state index is 11.6. The van der Waals surface area contributed by atoms with Gasteiger partial charge in [-0.2, -0.15) is 0 Å². The Balaban J connectivity index is 2.57. The standard InChI is InChI=1S/C14H27NO3/c1-10(2)17-9-12-7-13(18-14(4,5)6)8-15(12)11(3)16/h10,12-13H,7-9H2,1-6H3/t12-,13+/m0/s1. The quantitative estimate of drug-likeness (QED) is 0.775. The molecule has 0 saturated carbocycles. The Kier molecular flexibility index (Phi) is 5.17. The van der Waals surface area contributed by atoms with Gasteiger partial charge in [0, 0.05) is 13.5 Å². The number of nitrogens with zero attached hydrogens (tertiary/aromatic N) is 1. The van der Waals surface area contributed by atoms with Gasteiger partial charge < -0.3 is 14.4 Å². The molecule has 2 atom stereocenters. The Morgan fingerprint density at radius 1 is 1.39 bits per heavy atom. The van der Waals surface area contributed by atoms with Crippen molar-refractivity contribution in [3.8, 4) is 0 Å². The van der Waals surface area contributed by atoms with Crippen LogP contribution >= 0.6 is 0 Å². The Bertz CT molecular complexity index is 283. The summed E-state index contributed by atoms with van der Waals surface area (Å²) < 4.78 is 11.6. The Morgan fingerprint density at radius 3 is 2.44 bits per heavy atom. The predicted octanol–water partition coefficient (Wildman–Crippen LogP) is 2.22. The monoisotopic (exact) mass is 257 g/mol. The first kappa shape index (κ1) is 15.4. The Hall–Kier alpha value is -0.610. The van der Waals surface area contributed by atoms with E-state index in [-0.39, 0.29) is 29.8 Å². The number of rotatable bonds is 4. The van der Waals surface area contributed by atoms with E-state index in [0.29, 0.717) is 13.2 Å². The van der Waals surface area contributed by atoms with E-state index < -0.39 is 0 Å². The summed E-state index contributed by atoms with van der Waals surface area (Å²) in [7, 11) is 0. The SMILES string of the molecule is CC(=O)N1C[C@H](OC(C)(C)C)C[C@H]1COC(C)C. The zero-order valence-electron chi connectivity index (χ0n) is 12.5. The van der Waals surface area contributed by atoms with Gasteiger partial charge in [-0.3, -0.25) is 4.79 Å². The molecule has 0 N–H and O–H groups in total. The summed E-state index contributed by atoms with van der Waals surface area (Å²) in [5.74, 6) is 0.104. The summed E-state index contributed by atoms with van der Waals surface area (Å²) in [6, 6.07) is 0.150. The maximum Gasteiger partial charge on any atom is 0.219 e. The molecule has 0 unspecified atom stereocenters. The van der Waals surface area contributed by atoms with E-state index in [1.807, 2.05) is 39.5 Å². The van der Waals surface area contributed by atoms with Crippen LogP contribution in [0.1, 0.15) is 48.0 Å². The number of carbonyl (C=O) groups is 1. The van der Waals surface area contributed by atoms with Crippen LogP contribution in [0.2, 0.25) is 0 Å². The molecule has 4 nitrogen and oxygen atoms in total. The molecule has 1 heterocycles. The molecule has 0 bridgehead atoms. The number of hydrogen-bond acceptors (Lipinski definition) is 3. The molecule has 0 radical (unpaired) electrons. The Labute approximate surface area is 111 Å². The molecule has 0 aromatic carbocycles. The van der Waals surface area contributed by atoms with Crippen LogP contribution in [0.25, 0.3) is 0 Å². The first-order chi connectivity index (χ1) is 8.19. The number of hydrogen-bond donors (Lipinski definition) is 0. The average molecular weight is 257 g/mol. The Morgan fingerprint density at radius 2 is 2.00 bits per heavy atom. The smallest absolute Gasteiger partial charge is 0.219 e. The topological polar surface area (TPSA) is 38.8 Å². The molecule has 18 heavy (non-hydrogen) atoms. The highest BCUT2D eigenvalue weighted by molar-refractivity contribution is 5.74. The normalized spacial score (nSPS) is 24.9. The van der Waals surface area contributed by atoms with Crippen LogP contribution in [-0.4, -0.2) is 47.8 Å². The first-order valence-corrected chi connectivity index (χ1v) is 6.75. The van der Waals surface area contributed by atoms with Crippen molar-refractivity contribution in [1.82, 2.24) is 4.90 Å². The van der Waals surface area contributed by atoms with Gasteiger partial charge in [0.05, 0.1) is 30.5 Å². The zero-order valence-corrected chi connectivity index (χ0v) is 12.5. The predicted molar refractivity (Wildman–Crippen MR) is 71.5 cm³/mol. The molecule has 1 rings (SSSR count). The molecule has 1 saturated heterocycles. The van der Waals surface area contributed by atoms with Crippen molar-refractivity contribution in [3.05, 3.63) is 0 Å². The van der Waals surface area contributed by atoms with Crippen LogP contribution < -0.4 is 0 Å². The second-order valence-electron chi connectivity index (χ2n) is 6.30. The van der Waals surface area contributed by atoms with E-state index in [9.17, 15) is 4.79 Å². The van der Waals surface area contributed by atoms with Crippen LogP contribution in [0, 0.1) is 0 Å². The lowest BCUT2D eigenvalue weighted by atomic mass is 10.1. The zero-order chi connectivity index (χ0) is 13.9. The molecular weight excluding hydrogens is 230 g/mol. The van der Waals surface area contributed by atoms with Crippen molar-refractivity contribution in [2.75, 3.05) is 13.2 Å². The summed E-state index contributed by atoms with van der Waals surface area (Å²) >= 11 is 0. The van der Waals surface area contributed by atoms with Crippen LogP contribution in [0.3, 0.4) is 0 Å². The minimum absolute atomic E-state index is 0.104. The summed E-state index contributed by atoms with van der Waals surface area (Å²) in [4.78, 5) is 13.5. The van der Waals surface area contributed by atoms with Gasteiger partial charge >= 0.3 is 0 Å². The second-order valence-corrected chi connectivity index (χ2v) is 6.30. The molecule has 0 aromatic rings. The van der Waals surface area contributed by atoms with E-state index in [2.05, 4.69) is 0 Å². The lowest BCUT2D eigenvalue weighted by Gasteiger charge is -2.24. The van der Waals surface area contributed by atoms with E-state index in [1.165, 1.54) is 0 Å². The first-order valence-electron chi connectivity index (χ1n) is 6.75. The number of ether oxygens (including phenoxy) is 2. The molecule has 1 amide bonds. The van der Waals surface area contributed by atoms with E-state index in [1.54, 1.807) is 6.92 Å². The fourth-order valence-corrected chi connectivity index (χ4v) is 2.31. The molecule has 106 valence electrons. The van der Waals surface area contributed by atoms with E-state index >= 15 is 0 Å². The minimum Gasteiger partial charge on any atom is -0.377 e. The summed E-state index contributed by atoms with van der Waals surface area (Å²) in [6.07, 6.45) is 1.18. The average Bonchev–Trinajstić information content (AvgIpc) is 2.55. The van der Waals surface area contributed by atoms with Crippen LogP contribution in [-0.2, 0) is 14.3 Å². The van der Waals surface area contributed by atoms with Crippen molar-refractivity contribution in [2.45, 2.75) is 71.8 Å². The molecule has 0 aliphatic carbocycles. The fraction of sp³-hybridized carbons (Fsp3) is 0.929. The molecule has 0 spiro atoms. The summed E-state index contributed by atoms with van der Waals surface area (Å²) in [5.41, 5.74) is -0.166. The van der Waals surface area contributed by atoms with Gasteiger partial charge in [0.15, 0.2) is 0 Å². The lowest BCUT2D eigenvalue weighted by Crippen LogP contribution is -2.37.